The fourth-order valence-electron chi connectivity index (χ4n) is 1.51. The summed E-state index contributed by atoms with van der Waals surface area (Å²) >= 11 is 0. The standard InChI is InChI=1S/C12H16N2O4/c1-3-5-9(12(16)17)14-10(15)8-6-4-7-13-11(8)18-2/h4,6-7,9H,3,5H2,1-2H3,(H,14,15)(H,16,17)/t9-/m1/s1. The SMILES string of the molecule is CCC[C@@H](NC(=O)c1cccnc1OC)C(=O)O. The number of aromatic nitrogens is 1. The Balaban J connectivity index is 2.83. The summed E-state index contributed by atoms with van der Waals surface area (Å²) in [5.74, 6) is -1.37. The van der Waals surface area contributed by atoms with Crippen molar-refractivity contribution in [2.75, 3.05) is 7.11 Å². The van der Waals surface area contributed by atoms with E-state index >= 15 is 0 Å². The first-order valence-electron chi connectivity index (χ1n) is 5.62. The number of carbonyl (C=O) groups is 2. The summed E-state index contributed by atoms with van der Waals surface area (Å²) in [4.78, 5) is 26.8. The Morgan fingerprint density at radius 2 is 2.28 bits per heavy atom. The Morgan fingerprint density at radius 1 is 1.56 bits per heavy atom. The third kappa shape index (κ3) is 3.44. The average molecular weight is 252 g/mol. The molecule has 6 heteroatoms. The summed E-state index contributed by atoms with van der Waals surface area (Å²) < 4.78 is 4.95. The molecule has 18 heavy (non-hydrogen) atoms. The summed E-state index contributed by atoms with van der Waals surface area (Å²) in [6.07, 6.45) is 2.54. The molecule has 98 valence electrons. The van der Waals surface area contributed by atoms with Gasteiger partial charge in [0.25, 0.3) is 5.91 Å². The first-order chi connectivity index (χ1) is 8.60. The van der Waals surface area contributed by atoms with E-state index in [1.165, 1.54) is 19.4 Å². The van der Waals surface area contributed by atoms with Crippen molar-refractivity contribution in [1.82, 2.24) is 10.3 Å². The van der Waals surface area contributed by atoms with E-state index in [1.807, 2.05) is 6.92 Å². The molecule has 6 nitrogen and oxygen atoms in total. The molecule has 0 unspecified atom stereocenters. The molecule has 1 rings (SSSR count). The largest absolute Gasteiger partial charge is 0.480 e. The predicted octanol–water partition coefficient (Wildman–Crippen LogP) is 1.07. The highest BCUT2D eigenvalue weighted by atomic mass is 16.5. The van der Waals surface area contributed by atoms with Gasteiger partial charge < -0.3 is 15.2 Å². The highest BCUT2D eigenvalue weighted by Gasteiger charge is 2.21. The van der Waals surface area contributed by atoms with Crippen molar-refractivity contribution in [1.29, 1.82) is 0 Å². The third-order valence-electron chi connectivity index (χ3n) is 2.39. The number of carboxylic acids is 1. The van der Waals surface area contributed by atoms with Crippen LogP contribution in [0, 0.1) is 0 Å². The average Bonchev–Trinajstić information content (AvgIpc) is 2.37. The minimum absolute atomic E-state index is 0.177. The maximum Gasteiger partial charge on any atom is 0.326 e. The van der Waals surface area contributed by atoms with Gasteiger partial charge in [-0.25, -0.2) is 9.78 Å². The van der Waals surface area contributed by atoms with Crippen LogP contribution in [0.1, 0.15) is 30.1 Å². The first-order valence-corrected chi connectivity index (χ1v) is 5.62. The topological polar surface area (TPSA) is 88.5 Å². The number of rotatable bonds is 6. The van der Waals surface area contributed by atoms with Crippen LogP contribution in [0.25, 0.3) is 0 Å². The van der Waals surface area contributed by atoms with Crippen LogP contribution in [-0.4, -0.2) is 35.1 Å². The molecule has 0 saturated carbocycles. The number of ether oxygens (including phenoxy) is 1. The zero-order chi connectivity index (χ0) is 13.5. The predicted molar refractivity (Wildman–Crippen MR) is 64.6 cm³/mol. The lowest BCUT2D eigenvalue weighted by atomic mass is 10.1. The minimum atomic E-state index is -1.05. The Labute approximate surface area is 105 Å². The van der Waals surface area contributed by atoms with Gasteiger partial charge in [-0.15, -0.1) is 0 Å². The summed E-state index contributed by atoms with van der Waals surface area (Å²) in [6, 6.07) is 2.23. The van der Waals surface area contributed by atoms with Crippen molar-refractivity contribution in [3.05, 3.63) is 23.9 Å². The molecular weight excluding hydrogens is 236 g/mol. The van der Waals surface area contributed by atoms with Gasteiger partial charge in [0.2, 0.25) is 5.88 Å². The molecule has 0 saturated heterocycles. The second kappa shape index (κ2) is 6.58. The van der Waals surface area contributed by atoms with E-state index in [-0.39, 0.29) is 11.4 Å². The molecular formula is C12H16N2O4. The lowest BCUT2D eigenvalue weighted by Crippen LogP contribution is -2.40. The van der Waals surface area contributed by atoms with Crippen LogP contribution in [0.2, 0.25) is 0 Å². The van der Waals surface area contributed by atoms with Crippen molar-refractivity contribution in [3.8, 4) is 5.88 Å². The molecule has 0 aliphatic rings. The van der Waals surface area contributed by atoms with Crippen molar-refractivity contribution < 1.29 is 19.4 Å². The number of hydrogen-bond donors (Lipinski definition) is 2. The van der Waals surface area contributed by atoms with Crippen molar-refractivity contribution >= 4 is 11.9 Å². The fourth-order valence-corrected chi connectivity index (χ4v) is 1.51. The summed E-state index contributed by atoms with van der Waals surface area (Å²) in [5.41, 5.74) is 0.224. The Hall–Kier alpha value is -2.11. The number of amides is 1. The van der Waals surface area contributed by atoms with Gasteiger partial charge in [-0.1, -0.05) is 13.3 Å². The van der Waals surface area contributed by atoms with Crippen molar-refractivity contribution in [2.45, 2.75) is 25.8 Å². The van der Waals surface area contributed by atoms with Gasteiger partial charge in [-0.2, -0.15) is 0 Å². The molecule has 2 N–H and O–H groups in total. The Morgan fingerprint density at radius 3 is 2.83 bits per heavy atom. The summed E-state index contributed by atoms with van der Waals surface area (Å²) in [7, 11) is 1.40. The zero-order valence-electron chi connectivity index (χ0n) is 10.3. The van der Waals surface area contributed by atoms with Crippen LogP contribution in [0.3, 0.4) is 0 Å². The molecule has 1 atom stereocenters. The lowest BCUT2D eigenvalue weighted by Gasteiger charge is -2.14. The van der Waals surface area contributed by atoms with E-state index in [2.05, 4.69) is 10.3 Å². The molecule has 0 bridgehead atoms. The highest BCUT2D eigenvalue weighted by Crippen LogP contribution is 2.13. The van der Waals surface area contributed by atoms with E-state index in [0.717, 1.165) is 0 Å². The van der Waals surface area contributed by atoms with Crippen LogP contribution in [0.15, 0.2) is 18.3 Å². The van der Waals surface area contributed by atoms with Crippen LogP contribution in [-0.2, 0) is 4.79 Å². The zero-order valence-corrected chi connectivity index (χ0v) is 10.3. The van der Waals surface area contributed by atoms with Gasteiger partial charge in [0.15, 0.2) is 0 Å². The molecule has 0 spiro atoms. The van der Waals surface area contributed by atoms with E-state index in [9.17, 15) is 9.59 Å². The number of methoxy groups -OCH3 is 1. The van der Waals surface area contributed by atoms with Crippen molar-refractivity contribution in [2.24, 2.45) is 0 Å². The highest BCUT2D eigenvalue weighted by molar-refractivity contribution is 5.98. The number of pyridine rings is 1. The number of aliphatic carboxylic acids is 1. The minimum Gasteiger partial charge on any atom is -0.480 e. The van der Waals surface area contributed by atoms with Gasteiger partial charge in [0.05, 0.1) is 7.11 Å². The maximum atomic E-state index is 11.9. The van der Waals surface area contributed by atoms with Gasteiger partial charge in [0.1, 0.15) is 11.6 Å². The summed E-state index contributed by atoms with van der Waals surface area (Å²) in [5, 5.41) is 11.4. The van der Waals surface area contributed by atoms with Gasteiger partial charge in [0, 0.05) is 6.20 Å². The molecule has 0 radical (unpaired) electrons. The number of nitrogens with one attached hydrogen (secondary N) is 1. The van der Waals surface area contributed by atoms with E-state index in [4.69, 9.17) is 9.84 Å². The molecule has 0 aliphatic heterocycles. The number of carboxylic acid groups (broad SMARTS) is 1. The lowest BCUT2D eigenvalue weighted by molar-refractivity contribution is -0.139. The van der Waals surface area contributed by atoms with Crippen LogP contribution in [0.4, 0.5) is 0 Å². The van der Waals surface area contributed by atoms with Crippen LogP contribution >= 0.6 is 0 Å². The molecule has 0 fully saturated rings. The van der Waals surface area contributed by atoms with Gasteiger partial charge in [-0.05, 0) is 18.6 Å². The first kappa shape index (κ1) is 14.0. The summed E-state index contributed by atoms with van der Waals surface area (Å²) in [6.45, 7) is 1.85. The molecule has 1 aromatic rings. The van der Waals surface area contributed by atoms with E-state index < -0.39 is 17.9 Å². The second-order valence-electron chi connectivity index (χ2n) is 3.71. The third-order valence-corrected chi connectivity index (χ3v) is 2.39. The number of hydrogen-bond acceptors (Lipinski definition) is 4. The van der Waals surface area contributed by atoms with E-state index in [1.54, 1.807) is 6.07 Å². The maximum absolute atomic E-state index is 11.9. The van der Waals surface area contributed by atoms with Crippen LogP contribution < -0.4 is 10.1 Å². The second-order valence-corrected chi connectivity index (χ2v) is 3.71. The molecule has 1 amide bonds. The quantitative estimate of drug-likeness (QED) is 0.790. The molecule has 1 aromatic heterocycles. The van der Waals surface area contributed by atoms with Gasteiger partial charge >= 0.3 is 5.97 Å². The van der Waals surface area contributed by atoms with E-state index in [0.29, 0.717) is 12.8 Å². The molecule has 0 aromatic carbocycles. The van der Waals surface area contributed by atoms with Gasteiger partial charge in [-0.3, -0.25) is 4.79 Å². The normalized spacial score (nSPS) is 11.7. The van der Waals surface area contributed by atoms with Crippen LogP contribution in [0.5, 0.6) is 5.88 Å². The Bertz CT molecular complexity index is 434. The number of carbonyl (C=O) groups excluding carboxylic acids is 1. The smallest absolute Gasteiger partial charge is 0.326 e. The fraction of sp³-hybridized carbons (Fsp3) is 0.417. The molecule has 0 aliphatic carbocycles. The number of nitrogens with zero attached hydrogens (tertiary/aromatic N) is 1. The Kier molecular flexibility index (Phi) is 5.10. The molecule has 1 heterocycles. The van der Waals surface area contributed by atoms with Crippen molar-refractivity contribution in [3.63, 3.8) is 0 Å². The monoisotopic (exact) mass is 252 g/mol.